The summed E-state index contributed by atoms with van der Waals surface area (Å²) >= 11 is 1.31. The summed E-state index contributed by atoms with van der Waals surface area (Å²) in [6.07, 6.45) is 0.348. The second-order valence-corrected chi connectivity index (χ2v) is 10.8. The fourth-order valence-electron chi connectivity index (χ4n) is 3.87. The number of nitrogens with zero attached hydrogens (tertiary/aromatic N) is 1. The van der Waals surface area contributed by atoms with Gasteiger partial charge in [0.15, 0.2) is 0 Å². The van der Waals surface area contributed by atoms with Crippen molar-refractivity contribution >= 4 is 27.7 Å². The van der Waals surface area contributed by atoms with E-state index in [0.29, 0.717) is 12.2 Å². The number of carbonyl (C=O) groups is 1. The second-order valence-electron chi connectivity index (χ2n) is 7.71. The molecule has 0 aromatic heterocycles. The first-order valence-electron chi connectivity index (χ1n) is 10.8. The summed E-state index contributed by atoms with van der Waals surface area (Å²) in [4.78, 5) is 13.3. The smallest absolute Gasteiger partial charge is 0.249 e. The molecule has 0 radical (unpaired) electrons. The van der Waals surface area contributed by atoms with Crippen LogP contribution in [0.5, 0.6) is 0 Å². The Morgan fingerprint density at radius 2 is 1.58 bits per heavy atom. The van der Waals surface area contributed by atoms with Crippen molar-refractivity contribution in [2.24, 2.45) is 0 Å². The molecule has 0 saturated carbocycles. The molecular weight excluding hydrogens is 456 g/mol. The zero-order chi connectivity index (χ0) is 23.3. The summed E-state index contributed by atoms with van der Waals surface area (Å²) in [5.41, 5.74) is 2.80. The monoisotopic (exact) mass is 482 g/mol. The van der Waals surface area contributed by atoms with Crippen LogP contribution in [-0.2, 0) is 14.8 Å². The van der Waals surface area contributed by atoms with Crippen LogP contribution < -0.4 is 5.32 Å². The molecule has 0 aliphatic carbocycles. The van der Waals surface area contributed by atoms with Crippen LogP contribution in [0.25, 0.3) is 11.1 Å². The van der Waals surface area contributed by atoms with Crippen LogP contribution in [0.3, 0.4) is 0 Å². The summed E-state index contributed by atoms with van der Waals surface area (Å²) in [6.45, 7) is 0.176. The zero-order valence-corrected chi connectivity index (χ0v) is 19.6. The maximum absolute atomic E-state index is 13.4. The maximum Gasteiger partial charge on any atom is 0.249 e. The maximum atomic E-state index is 13.4. The van der Waals surface area contributed by atoms with Crippen LogP contribution in [0.15, 0.2) is 89.8 Å². The lowest BCUT2D eigenvalue weighted by Gasteiger charge is -2.25. The molecule has 1 aliphatic heterocycles. The third kappa shape index (κ3) is 5.30. The Balaban J connectivity index is 1.52. The molecule has 1 fully saturated rings. The summed E-state index contributed by atoms with van der Waals surface area (Å²) in [7, 11) is -3.84. The number of aliphatic hydroxyl groups excluding tert-OH is 1. The van der Waals surface area contributed by atoms with Crippen LogP contribution in [0.4, 0.5) is 0 Å². The zero-order valence-electron chi connectivity index (χ0n) is 18.0. The van der Waals surface area contributed by atoms with E-state index in [-0.39, 0.29) is 30.0 Å². The molecule has 3 aromatic rings. The highest BCUT2D eigenvalue weighted by molar-refractivity contribution is 8.02. The average molecular weight is 483 g/mol. The molecule has 172 valence electrons. The molecule has 4 rings (SSSR count). The molecule has 1 aliphatic rings. The van der Waals surface area contributed by atoms with Crippen LogP contribution >= 0.6 is 11.8 Å². The lowest BCUT2D eigenvalue weighted by molar-refractivity contribution is -0.123. The van der Waals surface area contributed by atoms with E-state index in [4.69, 9.17) is 0 Å². The quantitative estimate of drug-likeness (QED) is 0.512. The fraction of sp³-hybridized carbons (Fsp3) is 0.240. The highest BCUT2D eigenvalue weighted by Crippen LogP contribution is 2.32. The van der Waals surface area contributed by atoms with Crippen LogP contribution in [0, 0.1) is 0 Å². The minimum absolute atomic E-state index is 0.0899. The Bertz CT molecular complexity index is 1170. The molecule has 3 aromatic carbocycles. The Kier molecular flexibility index (Phi) is 7.49. The van der Waals surface area contributed by atoms with Crippen molar-refractivity contribution in [1.82, 2.24) is 9.62 Å². The number of rotatable bonds is 8. The number of benzene rings is 3. The average Bonchev–Trinajstić information content (AvgIpc) is 3.36. The molecule has 1 amide bonds. The lowest BCUT2D eigenvalue weighted by Crippen LogP contribution is -2.45. The van der Waals surface area contributed by atoms with Gasteiger partial charge in [0.2, 0.25) is 15.9 Å². The van der Waals surface area contributed by atoms with E-state index >= 15 is 0 Å². The van der Waals surface area contributed by atoms with Crippen molar-refractivity contribution in [1.29, 1.82) is 0 Å². The van der Waals surface area contributed by atoms with Crippen molar-refractivity contribution in [2.45, 2.75) is 22.7 Å². The number of thioether (sulfide) groups is 1. The van der Waals surface area contributed by atoms with Gasteiger partial charge in [-0.3, -0.25) is 4.79 Å². The topological polar surface area (TPSA) is 86.7 Å². The molecule has 8 heteroatoms. The standard InChI is InChI=1S/C25H26N2O4S2/c28-17-15-23(21-9-5-2-6-10-21)26-24(29)25-27(16-18-32-25)33(30,31)22-13-11-20(12-14-22)19-7-3-1-4-8-19/h1-14,23,25,28H,15-18H2,(H,26,29). The fourth-order valence-corrected chi connectivity index (χ4v) is 6.96. The molecule has 6 nitrogen and oxygen atoms in total. The minimum Gasteiger partial charge on any atom is -0.396 e. The van der Waals surface area contributed by atoms with Crippen molar-refractivity contribution in [3.05, 3.63) is 90.5 Å². The van der Waals surface area contributed by atoms with Gasteiger partial charge >= 0.3 is 0 Å². The number of carbonyl (C=O) groups excluding carboxylic acids is 1. The van der Waals surface area contributed by atoms with Gasteiger partial charge in [0, 0.05) is 18.9 Å². The van der Waals surface area contributed by atoms with Crippen molar-refractivity contribution in [3.8, 4) is 11.1 Å². The van der Waals surface area contributed by atoms with Gasteiger partial charge in [0.1, 0.15) is 5.37 Å². The first-order chi connectivity index (χ1) is 16.0. The van der Waals surface area contributed by atoms with Crippen LogP contribution in [0.2, 0.25) is 0 Å². The van der Waals surface area contributed by atoms with Crippen molar-refractivity contribution in [2.75, 3.05) is 18.9 Å². The highest BCUT2D eigenvalue weighted by Gasteiger charge is 2.40. The van der Waals surface area contributed by atoms with E-state index in [2.05, 4.69) is 5.32 Å². The number of hydrogen-bond donors (Lipinski definition) is 2. The van der Waals surface area contributed by atoms with E-state index in [1.807, 2.05) is 60.7 Å². The summed E-state index contributed by atoms with van der Waals surface area (Å²) < 4.78 is 28.0. The number of hydrogen-bond acceptors (Lipinski definition) is 5. The van der Waals surface area contributed by atoms with Gasteiger partial charge in [-0.15, -0.1) is 11.8 Å². The number of aliphatic hydroxyl groups is 1. The van der Waals surface area contributed by atoms with E-state index in [0.717, 1.165) is 16.7 Å². The first kappa shape index (κ1) is 23.5. The molecule has 2 atom stereocenters. The summed E-state index contributed by atoms with van der Waals surface area (Å²) in [6, 6.07) is 25.5. The molecule has 0 spiro atoms. The van der Waals surface area contributed by atoms with E-state index in [1.165, 1.54) is 16.1 Å². The van der Waals surface area contributed by atoms with E-state index in [9.17, 15) is 18.3 Å². The Labute approximate surface area is 198 Å². The summed E-state index contributed by atoms with van der Waals surface area (Å²) in [5, 5.41) is 11.5. The van der Waals surface area contributed by atoms with Crippen molar-refractivity contribution in [3.63, 3.8) is 0 Å². The predicted molar refractivity (Wildman–Crippen MR) is 131 cm³/mol. The van der Waals surface area contributed by atoms with E-state index < -0.39 is 15.4 Å². The molecule has 2 unspecified atom stereocenters. The third-order valence-electron chi connectivity index (χ3n) is 5.58. The van der Waals surface area contributed by atoms with Gasteiger partial charge in [-0.1, -0.05) is 72.8 Å². The predicted octanol–water partition coefficient (Wildman–Crippen LogP) is 3.66. The van der Waals surface area contributed by atoms with Gasteiger partial charge in [-0.2, -0.15) is 4.31 Å². The van der Waals surface area contributed by atoms with Crippen LogP contribution in [-0.4, -0.2) is 48.0 Å². The highest BCUT2D eigenvalue weighted by atomic mass is 32.2. The van der Waals surface area contributed by atoms with Gasteiger partial charge in [-0.25, -0.2) is 8.42 Å². The largest absolute Gasteiger partial charge is 0.396 e. The Morgan fingerprint density at radius 3 is 2.21 bits per heavy atom. The minimum atomic E-state index is -3.84. The molecule has 2 N–H and O–H groups in total. The molecule has 0 bridgehead atoms. The van der Waals surface area contributed by atoms with Gasteiger partial charge in [0.05, 0.1) is 10.9 Å². The second kappa shape index (κ2) is 10.5. The van der Waals surface area contributed by atoms with Gasteiger partial charge in [-0.05, 0) is 35.2 Å². The third-order valence-corrected chi connectivity index (χ3v) is 8.79. The molecule has 1 heterocycles. The number of nitrogens with one attached hydrogen (secondary N) is 1. The van der Waals surface area contributed by atoms with Crippen LogP contribution in [0.1, 0.15) is 18.0 Å². The van der Waals surface area contributed by atoms with Crippen molar-refractivity contribution < 1.29 is 18.3 Å². The van der Waals surface area contributed by atoms with Gasteiger partial charge in [0.25, 0.3) is 0 Å². The normalized spacial score (nSPS) is 17.5. The summed E-state index contributed by atoms with van der Waals surface area (Å²) in [5.74, 6) is 0.166. The molecular formula is C25H26N2O4S2. The molecule has 1 saturated heterocycles. The Hall–Kier alpha value is -2.65. The molecule has 33 heavy (non-hydrogen) atoms. The first-order valence-corrected chi connectivity index (χ1v) is 13.2. The van der Waals surface area contributed by atoms with Gasteiger partial charge < -0.3 is 10.4 Å². The SMILES string of the molecule is O=C(NC(CCO)c1ccccc1)C1SCCN1S(=O)(=O)c1ccc(-c2ccccc2)cc1. The lowest BCUT2D eigenvalue weighted by atomic mass is 10.0. The Morgan fingerprint density at radius 1 is 0.970 bits per heavy atom. The van der Waals surface area contributed by atoms with E-state index in [1.54, 1.807) is 24.3 Å². The number of amides is 1. The number of sulfonamides is 1.